The molecule has 0 nitrogen and oxygen atoms in total. The van der Waals surface area contributed by atoms with Crippen molar-refractivity contribution < 1.29 is 0 Å². The quantitative estimate of drug-likeness (QED) is 0.740. The maximum Gasteiger partial charge on any atom is 0.146 e. The van der Waals surface area contributed by atoms with E-state index in [4.69, 9.17) is 0 Å². The fraction of sp³-hybridized carbons (Fsp3) is 0.263. The first kappa shape index (κ1) is 14.8. The Kier molecular flexibility index (Phi) is 4.29. The topological polar surface area (TPSA) is 0 Å². The Morgan fingerprint density at radius 1 is 0.750 bits per heavy atom. The summed E-state index contributed by atoms with van der Waals surface area (Å²) in [5, 5.41) is 3.19. The number of allylic oxidation sites excluding steroid dienone is 1. The summed E-state index contributed by atoms with van der Waals surface area (Å²) in [4.78, 5) is 0. The molecule has 0 N–H and O–H groups in total. The molecular formula is C19H24Si. The van der Waals surface area contributed by atoms with E-state index in [1.807, 2.05) is 0 Å². The second kappa shape index (κ2) is 5.80. The molecule has 0 bridgehead atoms. The predicted octanol–water partition coefficient (Wildman–Crippen LogP) is 4.17. The monoisotopic (exact) mass is 280 g/mol. The van der Waals surface area contributed by atoms with Gasteiger partial charge in [0.05, 0.1) is 0 Å². The van der Waals surface area contributed by atoms with Crippen LogP contribution in [0.5, 0.6) is 0 Å². The van der Waals surface area contributed by atoms with Crippen LogP contribution in [-0.4, -0.2) is 8.07 Å². The molecule has 0 saturated carbocycles. The lowest BCUT2D eigenvalue weighted by Crippen LogP contribution is -2.63. The molecule has 104 valence electrons. The van der Waals surface area contributed by atoms with Crippen LogP contribution in [0.25, 0.3) is 0 Å². The molecule has 2 rings (SSSR count). The minimum Gasteiger partial charge on any atom is -0.0948 e. The molecule has 0 atom stereocenters. The first-order chi connectivity index (χ1) is 9.52. The number of benzene rings is 2. The van der Waals surface area contributed by atoms with Crippen LogP contribution in [0.1, 0.15) is 27.7 Å². The van der Waals surface area contributed by atoms with E-state index in [2.05, 4.69) is 100 Å². The van der Waals surface area contributed by atoms with Crippen LogP contribution >= 0.6 is 0 Å². The zero-order valence-electron chi connectivity index (χ0n) is 12.9. The third-order valence-corrected chi connectivity index (χ3v) is 9.75. The second-order valence-electron chi connectivity index (χ2n) is 6.29. The highest BCUT2D eigenvalue weighted by Gasteiger charge is 2.45. The van der Waals surface area contributed by atoms with Crippen molar-refractivity contribution in [3.63, 3.8) is 0 Å². The van der Waals surface area contributed by atoms with E-state index in [9.17, 15) is 0 Å². The molecule has 0 heterocycles. The van der Waals surface area contributed by atoms with Gasteiger partial charge in [0, 0.05) is 0 Å². The zero-order chi connectivity index (χ0) is 14.6. The molecule has 0 aliphatic carbocycles. The van der Waals surface area contributed by atoms with Crippen molar-refractivity contribution in [2.45, 2.75) is 32.7 Å². The van der Waals surface area contributed by atoms with Crippen molar-refractivity contribution in [2.75, 3.05) is 0 Å². The van der Waals surface area contributed by atoms with Gasteiger partial charge >= 0.3 is 0 Å². The smallest absolute Gasteiger partial charge is 0.0948 e. The Labute approximate surface area is 124 Å². The number of hydrogen-bond acceptors (Lipinski definition) is 0. The van der Waals surface area contributed by atoms with Gasteiger partial charge in [0.25, 0.3) is 0 Å². The van der Waals surface area contributed by atoms with Crippen molar-refractivity contribution in [2.24, 2.45) is 0 Å². The fourth-order valence-electron chi connectivity index (χ4n) is 3.13. The SMILES string of the molecule is C/C=C/[Si](c1ccccc1)(c1ccccc1)C(C)(C)C. The Morgan fingerprint density at radius 3 is 1.45 bits per heavy atom. The minimum atomic E-state index is -1.93. The van der Waals surface area contributed by atoms with Gasteiger partial charge in [-0.15, -0.1) is 0 Å². The van der Waals surface area contributed by atoms with Gasteiger partial charge in [-0.3, -0.25) is 0 Å². The lowest BCUT2D eigenvalue weighted by Gasteiger charge is -2.42. The van der Waals surface area contributed by atoms with Crippen LogP contribution in [0.3, 0.4) is 0 Å². The normalized spacial score (nSPS) is 12.8. The van der Waals surface area contributed by atoms with Gasteiger partial charge in [-0.05, 0) is 22.3 Å². The van der Waals surface area contributed by atoms with Crippen LogP contribution in [0, 0.1) is 0 Å². The molecule has 0 amide bonds. The highest BCUT2D eigenvalue weighted by atomic mass is 28.3. The zero-order valence-corrected chi connectivity index (χ0v) is 13.9. The molecule has 0 spiro atoms. The summed E-state index contributed by atoms with van der Waals surface area (Å²) < 4.78 is 0. The predicted molar refractivity (Wildman–Crippen MR) is 92.4 cm³/mol. The Balaban J connectivity index is 2.77. The van der Waals surface area contributed by atoms with E-state index in [1.54, 1.807) is 0 Å². The standard InChI is InChI=1S/C19H24Si/c1-5-16-20(19(2,3)4,17-12-8-6-9-13-17)18-14-10-7-11-15-18/h5-16H,1-4H3/b16-5+. The second-order valence-corrected chi connectivity index (χ2v) is 10.9. The van der Waals surface area contributed by atoms with Gasteiger partial charge in [-0.2, -0.15) is 0 Å². The minimum absolute atomic E-state index is 0.224. The molecule has 20 heavy (non-hydrogen) atoms. The van der Waals surface area contributed by atoms with Crippen LogP contribution in [-0.2, 0) is 0 Å². The first-order valence-corrected chi connectivity index (χ1v) is 9.35. The lowest BCUT2D eigenvalue weighted by molar-refractivity contribution is 0.738. The summed E-state index contributed by atoms with van der Waals surface area (Å²) >= 11 is 0. The van der Waals surface area contributed by atoms with Gasteiger partial charge in [-0.1, -0.05) is 93.2 Å². The van der Waals surface area contributed by atoms with Crippen LogP contribution in [0.4, 0.5) is 0 Å². The van der Waals surface area contributed by atoms with Crippen molar-refractivity contribution in [3.05, 3.63) is 72.4 Å². The highest BCUT2D eigenvalue weighted by Crippen LogP contribution is 2.36. The molecule has 0 radical (unpaired) electrons. The number of hydrogen-bond donors (Lipinski definition) is 0. The molecule has 2 aromatic rings. The van der Waals surface area contributed by atoms with Gasteiger partial charge in [-0.25, -0.2) is 0 Å². The van der Waals surface area contributed by atoms with Crippen LogP contribution in [0.2, 0.25) is 5.04 Å². The summed E-state index contributed by atoms with van der Waals surface area (Å²) in [6.45, 7) is 9.26. The van der Waals surface area contributed by atoms with Gasteiger partial charge in [0.1, 0.15) is 8.07 Å². The molecule has 0 fully saturated rings. The van der Waals surface area contributed by atoms with Crippen LogP contribution < -0.4 is 10.4 Å². The van der Waals surface area contributed by atoms with E-state index in [0.29, 0.717) is 0 Å². The van der Waals surface area contributed by atoms with E-state index in [0.717, 1.165) is 0 Å². The maximum absolute atomic E-state index is 2.48. The van der Waals surface area contributed by atoms with E-state index in [1.165, 1.54) is 10.4 Å². The highest BCUT2D eigenvalue weighted by molar-refractivity contribution is 7.07. The largest absolute Gasteiger partial charge is 0.146 e. The summed E-state index contributed by atoms with van der Waals surface area (Å²) in [7, 11) is -1.93. The van der Waals surface area contributed by atoms with Gasteiger partial charge in [0.15, 0.2) is 0 Å². The average Bonchev–Trinajstić information content (AvgIpc) is 2.45. The lowest BCUT2D eigenvalue weighted by atomic mass is 10.2. The van der Waals surface area contributed by atoms with Crippen molar-refractivity contribution >= 4 is 18.4 Å². The first-order valence-electron chi connectivity index (χ1n) is 7.27. The molecule has 0 aliphatic rings. The molecule has 2 aromatic carbocycles. The Morgan fingerprint density at radius 2 is 1.15 bits per heavy atom. The molecular weight excluding hydrogens is 256 g/mol. The Hall–Kier alpha value is -1.60. The molecule has 0 aliphatic heterocycles. The van der Waals surface area contributed by atoms with Gasteiger partial charge in [0.2, 0.25) is 0 Å². The van der Waals surface area contributed by atoms with Crippen molar-refractivity contribution in [1.82, 2.24) is 0 Å². The summed E-state index contributed by atoms with van der Waals surface area (Å²) in [5.74, 6) is 0. The van der Waals surface area contributed by atoms with E-state index in [-0.39, 0.29) is 5.04 Å². The fourth-order valence-corrected chi connectivity index (χ4v) is 8.01. The van der Waals surface area contributed by atoms with E-state index >= 15 is 0 Å². The maximum atomic E-state index is 2.48. The average molecular weight is 280 g/mol. The molecule has 0 unspecified atom stereocenters. The third-order valence-electron chi connectivity index (χ3n) is 4.06. The van der Waals surface area contributed by atoms with Crippen LogP contribution in [0.15, 0.2) is 72.4 Å². The third kappa shape index (κ3) is 2.50. The summed E-state index contributed by atoms with van der Waals surface area (Å²) in [6, 6.07) is 22.0. The molecule has 1 heteroatoms. The molecule has 0 aromatic heterocycles. The van der Waals surface area contributed by atoms with Gasteiger partial charge < -0.3 is 0 Å². The van der Waals surface area contributed by atoms with Crippen molar-refractivity contribution in [1.29, 1.82) is 0 Å². The number of rotatable bonds is 3. The summed E-state index contributed by atoms with van der Waals surface area (Å²) in [6.07, 6.45) is 2.23. The van der Waals surface area contributed by atoms with E-state index < -0.39 is 8.07 Å². The Bertz CT molecular complexity index is 522. The summed E-state index contributed by atoms with van der Waals surface area (Å²) in [5.41, 5.74) is 2.48. The molecule has 0 saturated heterocycles. The van der Waals surface area contributed by atoms with Crippen molar-refractivity contribution in [3.8, 4) is 0 Å².